The number of ether oxygens (including phenoxy) is 1. The van der Waals surface area contributed by atoms with E-state index in [1.54, 1.807) is 6.08 Å². The molecule has 1 saturated heterocycles. The van der Waals surface area contributed by atoms with Crippen LogP contribution in [-0.2, 0) is 4.74 Å². The number of hydrogen-bond acceptors (Lipinski definition) is 2. The third-order valence-corrected chi connectivity index (χ3v) is 2.05. The molecule has 0 bridgehead atoms. The van der Waals surface area contributed by atoms with E-state index in [2.05, 4.69) is 6.58 Å². The lowest BCUT2D eigenvalue weighted by Gasteiger charge is -2.26. The Morgan fingerprint density at radius 2 is 2.45 bits per heavy atom. The maximum absolute atomic E-state index is 9.48. The van der Waals surface area contributed by atoms with E-state index in [0.29, 0.717) is 6.42 Å². The summed E-state index contributed by atoms with van der Waals surface area (Å²) in [6.45, 7) is 4.38. The molecular weight excluding hydrogens is 140 g/mol. The van der Waals surface area contributed by atoms with Crippen LogP contribution >= 0.6 is 0 Å². The van der Waals surface area contributed by atoms with Gasteiger partial charge in [0, 0.05) is 6.61 Å². The second kappa shape index (κ2) is 4.52. The van der Waals surface area contributed by atoms with Gasteiger partial charge in [0.05, 0.1) is 12.2 Å². The summed E-state index contributed by atoms with van der Waals surface area (Å²) in [6.07, 6.45) is 5.41. The Morgan fingerprint density at radius 1 is 1.64 bits per heavy atom. The molecule has 2 nitrogen and oxygen atoms in total. The molecule has 1 rings (SSSR count). The van der Waals surface area contributed by atoms with Crippen molar-refractivity contribution in [1.29, 1.82) is 0 Å². The van der Waals surface area contributed by atoms with Gasteiger partial charge in [-0.15, -0.1) is 6.58 Å². The first-order valence-corrected chi connectivity index (χ1v) is 4.25. The van der Waals surface area contributed by atoms with E-state index in [1.165, 1.54) is 6.42 Å². The third-order valence-electron chi connectivity index (χ3n) is 2.05. The molecule has 0 aromatic rings. The molecule has 0 spiro atoms. The summed E-state index contributed by atoms with van der Waals surface area (Å²) in [5, 5.41) is 9.48. The summed E-state index contributed by atoms with van der Waals surface area (Å²) in [6, 6.07) is 0. The Morgan fingerprint density at radius 3 is 3.00 bits per heavy atom. The van der Waals surface area contributed by atoms with Gasteiger partial charge in [-0.05, 0) is 25.7 Å². The molecule has 1 fully saturated rings. The standard InChI is InChI=1S/C9H16O2/c1-2-5-8(10)9-6-3-4-7-11-9/h2,8-10H,1,3-7H2. The predicted octanol–water partition coefficient (Wildman–Crippen LogP) is 1.49. The Balaban J connectivity index is 2.26. The summed E-state index contributed by atoms with van der Waals surface area (Å²) in [7, 11) is 0. The minimum atomic E-state index is -0.340. The van der Waals surface area contributed by atoms with Crippen molar-refractivity contribution in [1.82, 2.24) is 0 Å². The summed E-state index contributed by atoms with van der Waals surface area (Å²) >= 11 is 0. The van der Waals surface area contributed by atoms with Crippen molar-refractivity contribution in [2.45, 2.75) is 37.9 Å². The number of aliphatic hydroxyl groups excluding tert-OH is 1. The zero-order chi connectivity index (χ0) is 8.10. The number of rotatable bonds is 3. The lowest BCUT2D eigenvalue weighted by molar-refractivity contribution is -0.0601. The highest BCUT2D eigenvalue weighted by atomic mass is 16.5. The molecule has 2 atom stereocenters. The highest BCUT2D eigenvalue weighted by molar-refractivity contribution is 4.79. The first-order chi connectivity index (χ1) is 5.34. The van der Waals surface area contributed by atoms with E-state index in [-0.39, 0.29) is 12.2 Å². The van der Waals surface area contributed by atoms with Crippen molar-refractivity contribution >= 4 is 0 Å². The van der Waals surface area contributed by atoms with Crippen molar-refractivity contribution in [2.75, 3.05) is 6.61 Å². The molecule has 1 heterocycles. The molecule has 2 heteroatoms. The van der Waals surface area contributed by atoms with Gasteiger partial charge < -0.3 is 9.84 Å². The van der Waals surface area contributed by atoms with Gasteiger partial charge in [-0.3, -0.25) is 0 Å². The van der Waals surface area contributed by atoms with Gasteiger partial charge in [0.2, 0.25) is 0 Å². The molecule has 0 aliphatic carbocycles. The molecular formula is C9H16O2. The number of hydrogen-bond donors (Lipinski definition) is 1. The summed E-state index contributed by atoms with van der Waals surface area (Å²) in [5.41, 5.74) is 0. The fourth-order valence-electron chi connectivity index (χ4n) is 1.39. The molecule has 0 aromatic heterocycles. The average molecular weight is 156 g/mol. The Hall–Kier alpha value is -0.340. The van der Waals surface area contributed by atoms with Crippen LogP contribution in [0, 0.1) is 0 Å². The Bertz CT molecular complexity index is 117. The fourth-order valence-corrected chi connectivity index (χ4v) is 1.39. The van der Waals surface area contributed by atoms with E-state index in [0.717, 1.165) is 19.4 Å². The average Bonchev–Trinajstić information content (AvgIpc) is 2.07. The van der Waals surface area contributed by atoms with Crippen LogP contribution in [0.4, 0.5) is 0 Å². The summed E-state index contributed by atoms with van der Waals surface area (Å²) < 4.78 is 5.39. The topological polar surface area (TPSA) is 29.5 Å². The van der Waals surface area contributed by atoms with Crippen LogP contribution in [0.2, 0.25) is 0 Å². The molecule has 1 N–H and O–H groups in total. The zero-order valence-corrected chi connectivity index (χ0v) is 6.83. The van der Waals surface area contributed by atoms with Crippen molar-refractivity contribution in [3.63, 3.8) is 0 Å². The Kier molecular flexibility index (Phi) is 3.60. The molecule has 64 valence electrons. The zero-order valence-electron chi connectivity index (χ0n) is 6.83. The maximum atomic E-state index is 9.48. The van der Waals surface area contributed by atoms with Crippen LogP contribution < -0.4 is 0 Å². The van der Waals surface area contributed by atoms with E-state index < -0.39 is 0 Å². The molecule has 0 aromatic carbocycles. The third kappa shape index (κ3) is 2.64. The minimum absolute atomic E-state index is 0.0572. The van der Waals surface area contributed by atoms with Gasteiger partial charge in [-0.1, -0.05) is 6.08 Å². The predicted molar refractivity (Wildman–Crippen MR) is 44.4 cm³/mol. The molecule has 1 aliphatic heterocycles. The van der Waals surface area contributed by atoms with Crippen LogP contribution in [0.3, 0.4) is 0 Å². The molecule has 0 saturated carbocycles. The van der Waals surface area contributed by atoms with Crippen molar-refractivity contribution in [3.05, 3.63) is 12.7 Å². The van der Waals surface area contributed by atoms with Gasteiger partial charge in [0.1, 0.15) is 0 Å². The van der Waals surface area contributed by atoms with E-state index in [4.69, 9.17) is 4.74 Å². The Labute approximate surface area is 67.9 Å². The highest BCUT2D eigenvalue weighted by Gasteiger charge is 2.20. The van der Waals surface area contributed by atoms with Crippen LogP contribution in [-0.4, -0.2) is 23.9 Å². The van der Waals surface area contributed by atoms with Gasteiger partial charge in [-0.25, -0.2) is 0 Å². The lowest BCUT2D eigenvalue weighted by Crippen LogP contribution is -2.31. The van der Waals surface area contributed by atoms with Crippen molar-refractivity contribution in [2.24, 2.45) is 0 Å². The first kappa shape index (κ1) is 8.75. The quantitative estimate of drug-likeness (QED) is 0.627. The van der Waals surface area contributed by atoms with Gasteiger partial charge in [0.15, 0.2) is 0 Å². The first-order valence-electron chi connectivity index (χ1n) is 4.25. The van der Waals surface area contributed by atoms with E-state index >= 15 is 0 Å². The second-order valence-corrected chi connectivity index (χ2v) is 3.00. The molecule has 0 amide bonds. The normalized spacial score (nSPS) is 27.9. The maximum Gasteiger partial charge on any atom is 0.0837 e. The largest absolute Gasteiger partial charge is 0.390 e. The van der Waals surface area contributed by atoms with Gasteiger partial charge in [-0.2, -0.15) is 0 Å². The molecule has 11 heavy (non-hydrogen) atoms. The van der Waals surface area contributed by atoms with Crippen LogP contribution in [0.5, 0.6) is 0 Å². The van der Waals surface area contributed by atoms with Crippen molar-refractivity contribution < 1.29 is 9.84 Å². The van der Waals surface area contributed by atoms with Gasteiger partial charge >= 0.3 is 0 Å². The molecule has 1 aliphatic rings. The van der Waals surface area contributed by atoms with Crippen molar-refractivity contribution in [3.8, 4) is 0 Å². The molecule has 2 unspecified atom stereocenters. The number of aliphatic hydroxyl groups is 1. The van der Waals surface area contributed by atoms with Crippen LogP contribution in [0.1, 0.15) is 25.7 Å². The van der Waals surface area contributed by atoms with Gasteiger partial charge in [0.25, 0.3) is 0 Å². The SMILES string of the molecule is C=CCC(O)C1CCCCO1. The monoisotopic (exact) mass is 156 g/mol. The molecule has 0 radical (unpaired) electrons. The fraction of sp³-hybridized carbons (Fsp3) is 0.778. The van der Waals surface area contributed by atoms with Crippen LogP contribution in [0.15, 0.2) is 12.7 Å². The van der Waals surface area contributed by atoms with E-state index in [1.807, 2.05) is 0 Å². The highest BCUT2D eigenvalue weighted by Crippen LogP contribution is 2.17. The summed E-state index contributed by atoms with van der Waals surface area (Å²) in [4.78, 5) is 0. The lowest BCUT2D eigenvalue weighted by atomic mass is 10.0. The summed E-state index contributed by atoms with van der Waals surface area (Å²) in [5.74, 6) is 0. The second-order valence-electron chi connectivity index (χ2n) is 3.00. The van der Waals surface area contributed by atoms with E-state index in [9.17, 15) is 5.11 Å². The minimum Gasteiger partial charge on any atom is -0.390 e. The van der Waals surface area contributed by atoms with Crippen LogP contribution in [0.25, 0.3) is 0 Å². The smallest absolute Gasteiger partial charge is 0.0837 e.